The standard InChI is InChI=1S/C9H13N5S2/c1-15-16-8-5-7(3-2-4-10)6-14(8)13-9(11)12/h5-6H,2-3H2,1H3,(H4,11,12,13). The van der Waals surface area contributed by atoms with Gasteiger partial charge in [0.1, 0.15) is 5.03 Å². The second-order valence-corrected chi connectivity index (χ2v) is 5.38. The van der Waals surface area contributed by atoms with E-state index >= 15 is 0 Å². The summed E-state index contributed by atoms with van der Waals surface area (Å²) in [5, 5.41) is 13.4. The van der Waals surface area contributed by atoms with E-state index in [9.17, 15) is 0 Å². The molecule has 1 aromatic rings. The van der Waals surface area contributed by atoms with Gasteiger partial charge in [-0.1, -0.05) is 10.8 Å². The largest absolute Gasteiger partial charge is 0.369 e. The number of aryl methyl sites for hydroxylation is 1. The van der Waals surface area contributed by atoms with Crippen molar-refractivity contribution in [2.75, 3.05) is 6.26 Å². The first-order chi connectivity index (χ1) is 7.67. The Kier molecular flexibility index (Phi) is 5.08. The molecule has 7 heteroatoms. The lowest BCUT2D eigenvalue weighted by atomic mass is 10.2. The Hall–Kier alpha value is -1.26. The van der Waals surface area contributed by atoms with Crippen LogP contribution in [0.2, 0.25) is 0 Å². The van der Waals surface area contributed by atoms with Gasteiger partial charge in [0.25, 0.3) is 0 Å². The first kappa shape index (κ1) is 12.8. The van der Waals surface area contributed by atoms with E-state index in [2.05, 4.69) is 11.2 Å². The number of nitrogens with zero attached hydrogens (tertiary/aromatic N) is 3. The van der Waals surface area contributed by atoms with E-state index in [1.807, 2.05) is 18.5 Å². The molecule has 1 aromatic heterocycles. The third-order valence-electron chi connectivity index (χ3n) is 1.74. The second kappa shape index (κ2) is 6.35. The highest BCUT2D eigenvalue weighted by Gasteiger charge is 2.06. The summed E-state index contributed by atoms with van der Waals surface area (Å²) in [4.78, 5) is 0. The van der Waals surface area contributed by atoms with E-state index in [4.69, 9.17) is 16.7 Å². The van der Waals surface area contributed by atoms with E-state index in [1.54, 1.807) is 26.3 Å². The number of aromatic nitrogens is 1. The Bertz CT molecular complexity index is 414. The highest BCUT2D eigenvalue weighted by atomic mass is 33.1. The van der Waals surface area contributed by atoms with Crippen LogP contribution in [0.3, 0.4) is 0 Å². The van der Waals surface area contributed by atoms with Crippen LogP contribution >= 0.6 is 21.6 Å². The molecule has 16 heavy (non-hydrogen) atoms. The monoisotopic (exact) mass is 255 g/mol. The molecule has 5 nitrogen and oxygen atoms in total. The van der Waals surface area contributed by atoms with Gasteiger partial charge in [0.15, 0.2) is 0 Å². The first-order valence-electron chi connectivity index (χ1n) is 4.56. The fourth-order valence-electron chi connectivity index (χ4n) is 1.17. The van der Waals surface area contributed by atoms with Crippen LogP contribution in [0.1, 0.15) is 12.0 Å². The molecule has 4 N–H and O–H groups in total. The maximum absolute atomic E-state index is 8.52. The van der Waals surface area contributed by atoms with Gasteiger partial charge in [-0.2, -0.15) is 5.26 Å². The summed E-state index contributed by atoms with van der Waals surface area (Å²) < 4.78 is 1.64. The average Bonchev–Trinajstić information content (AvgIpc) is 2.58. The maximum Gasteiger partial charge on any atom is 0.209 e. The zero-order valence-electron chi connectivity index (χ0n) is 8.88. The van der Waals surface area contributed by atoms with E-state index in [-0.39, 0.29) is 5.96 Å². The molecule has 0 unspecified atom stereocenters. The molecular formula is C9H13N5S2. The minimum absolute atomic E-state index is 0.0189. The molecule has 1 rings (SSSR count). The van der Waals surface area contributed by atoms with Crippen molar-refractivity contribution in [2.24, 2.45) is 16.6 Å². The molecule has 0 saturated heterocycles. The highest BCUT2D eigenvalue weighted by Crippen LogP contribution is 2.30. The number of guanidine groups is 1. The Morgan fingerprint density at radius 1 is 1.62 bits per heavy atom. The number of rotatable bonds is 5. The lowest BCUT2D eigenvalue weighted by Crippen LogP contribution is -2.23. The topological polar surface area (TPSA) is 93.1 Å². The zero-order valence-corrected chi connectivity index (χ0v) is 10.5. The van der Waals surface area contributed by atoms with Gasteiger partial charge in [-0.25, -0.2) is 4.68 Å². The normalized spacial score (nSPS) is 9.75. The van der Waals surface area contributed by atoms with Crippen molar-refractivity contribution in [1.82, 2.24) is 4.68 Å². The molecular weight excluding hydrogens is 242 g/mol. The molecule has 0 fully saturated rings. The fraction of sp³-hybridized carbons (Fsp3) is 0.333. The lowest BCUT2D eigenvalue weighted by Gasteiger charge is -1.99. The molecule has 0 radical (unpaired) electrons. The summed E-state index contributed by atoms with van der Waals surface area (Å²) in [6.07, 6.45) is 5.03. The Balaban J connectivity index is 2.91. The van der Waals surface area contributed by atoms with E-state index in [1.165, 1.54) is 0 Å². The van der Waals surface area contributed by atoms with Crippen molar-refractivity contribution in [3.8, 4) is 6.07 Å². The molecule has 1 heterocycles. The quantitative estimate of drug-likeness (QED) is 0.470. The van der Waals surface area contributed by atoms with Crippen molar-refractivity contribution >= 4 is 27.5 Å². The Labute approximate surface area is 102 Å². The van der Waals surface area contributed by atoms with Gasteiger partial charge < -0.3 is 11.5 Å². The number of hydrogen-bond donors (Lipinski definition) is 2. The molecule has 0 aliphatic heterocycles. The van der Waals surface area contributed by atoms with Crippen LogP contribution in [0.5, 0.6) is 0 Å². The third kappa shape index (κ3) is 3.72. The predicted molar refractivity (Wildman–Crippen MR) is 68.9 cm³/mol. The van der Waals surface area contributed by atoms with E-state index < -0.39 is 0 Å². The van der Waals surface area contributed by atoms with Crippen LogP contribution < -0.4 is 11.5 Å². The summed E-state index contributed by atoms with van der Waals surface area (Å²) in [6.45, 7) is 0. The summed E-state index contributed by atoms with van der Waals surface area (Å²) in [5.41, 5.74) is 11.7. The molecule has 0 aromatic carbocycles. The van der Waals surface area contributed by atoms with Crippen molar-refractivity contribution in [2.45, 2.75) is 17.9 Å². The maximum atomic E-state index is 8.52. The summed E-state index contributed by atoms with van der Waals surface area (Å²) in [7, 11) is 3.19. The minimum Gasteiger partial charge on any atom is -0.369 e. The van der Waals surface area contributed by atoms with Gasteiger partial charge in [-0.3, -0.25) is 0 Å². The molecule has 0 spiro atoms. The molecule has 0 saturated carbocycles. The van der Waals surface area contributed by atoms with Crippen molar-refractivity contribution in [3.63, 3.8) is 0 Å². The lowest BCUT2D eigenvalue weighted by molar-refractivity contribution is 0.792. The van der Waals surface area contributed by atoms with Crippen LogP contribution in [0.25, 0.3) is 0 Å². The zero-order chi connectivity index (χ0) is 12.0. The number of nitriles is 1. The van der Waals surface area contributed by atoms with Crippen LogP contribution in [0.15, 0.2) is 22.4 Å². The van der Waals surface area contributed by atoms with E-state index in [0.717, 1.165) is 10.6 Å². The van der Waals surface area contributed by atoms with E-state index in [0.29, 0.717) is 12.8 Å². The first-order valence-corrected chi connectivity index (χ1v) is 7.12. The summed E-state index contributed by atoms with van der Waals surface area (Å²) in [6, 6.07) is 4.10. The number of nitrogens with two attached hydrogens (primary N) is 2. The second-order valence-electron chi connectivity index (χ2n) is 2.96. The van der Waals surface area contributed by atoms with Crippen molar-refractivity contribution in [1.29, 1.82) is 5.26 Å². The Morgan fingerprint density at radius 2 is 2.38 bits per heavy atom. The van der Waals surface area contributed by atoms with Gasteiger partial charge in [0, 0.05) is 12.6 Å². The average molecular weight is 255 g/mol. The molecule has 0 bridgehead atoms. The van der Waals surface area contributed by atoms with Gasteiger partial charge in [-0.05, 0) is 35.1 Å². The van der Waals surface area contributed by atoms with Crippen LogP contribution in [0.4, 0.5) is 0 Å². The minimum atomic E-state index is 0.0189. The highest BCUT2D eigenvalue weighted by molar-refractivity contribution is 8.76. The SMILES string of the molecule is CSSc1cc(CCC#N)cn1N=C(N)N. The van der Waals surface area contributed by atoms with Crippen LogP contribution in [0, 0.1) is 11.3 Å². The van der Waals surface area contributed by atoms with Gasteiger partial charge in [-0.15, -0.1) is 5.10 Å². The molecule has 0 atom stereocenters. The number of hydrogen-bond acceptors (Lipinski definition) is 4. The van der Waals surface area contributed by atoms with Crippen LogP contribution in [-0.4, -0.2) is 16.9 Å². The predicted octanol–water partition coefficient (Wildman–Crippen LogP) is 1.35. The van der Waals surface area contributed by atoms with Gasteiger partial charge in [0.05, 0.1) is 6.07 Å². The summed E-state index contributed by atoms with van der Waals surface area (Å²) in [5.74, 6) is 0.0189. The van der Waals surface area contributed by atoms with Crippen molar-refractivity contribution in [3.05, 3.63) is 17.8 Å². The van der Waals surface area contributed by atoms with Crippen molar-refractivity contribution < 1.29 is 0 Å². The molecule has 0 aliphatic rings. The smallest absolute Gasteiger partial charge is 0.209 e. The third-order valence-corrected chi connectivity index (χ3v) is 3.39. The van der Waals surface area contributed by atoms with Crippen LogP contribution in [-0.2, 0) is 6.42 Å². The van der Waals surface area contributed by atoms with Gasteiger partial charge in [0.2, 0.25) is 5.96 Å². The molecule has 0 amide bonds. The van der Waals surface area contributed by atoms with Gasteiger partial charge >= 0.3 is 0 Å². The Morgan fingerprint density at radius 3 is 2.94 bits per heavy atom. The fourth-order valence-corrected chi connectivity index (χ4v) is 2.60. The summed E-state index contributed by atoms with van der Waals surface area (Å²) >= 11 is 0. The molecule has 86 valence electrons. The molecule has 0 aliphatic carbocycles.